The molecule has 0 atom stereocenters. The first-order valence-electron chi connectivity index (χ1n) is 20.8. The third-order valence-electron chi connectivity index (χ3n) is 14.8. The van der Waals surface area contributed by atoms with Crippen LogP contribution in [-0.4, -0.2) is 23.9 Å². The standard InChI is InChI=1S/C26H26NSi.C23H32O2.Ir/c1-18-11-12-21(15-19(18)2)24-14-13-22-16-26(28(3,4)5)23(17-25(22)27-24)20-9-7-6-8-10-20;24-20(22-8-14-1-15(9-22)3-16(2-14)10-22)7-21(25)23-11-17-4-18(12-23)6-19(5-17)13-23;/h6-11,13-17H,1-5H3;7,14-19,24H,1-6,8-13H2;/q-1;;/b;20-7-;. The van der Waals surface area contributed by atoms with Crippen molar-refractivity contribution in [3.8, 4) is 22.4 Å². The molecule has 1 N–H and O–H groups in total. The molecule has 8 aliphatic carbocycles. The maximum atomic E-state index is 13.4. The van der Waals surface area contributed by atoms with Crippen LogP contribution in [0.5, 0.6) is 0 Å². The molecule has 8 aliphatic rings. The first-order valence-corrected chi connectivity index (χ1v) is 24.3. The van der Waals surface area contributed by atoms with Gasteiger partial charge in [-0.3, -0.25) is 9.78 Å². The number of aromatic nitrogens is 1. The fourth-order valence-electron chi connectivity index (χ4n) is 12.9. The van der Waals surface area contributed by atoms with Crippen LogP contribution in [0, 0.1) is 66.3 Å². The molecule has 12 rings (SSSR count). The SMILES string of the molecule is Cc1c[c-]c(-c2ccc3cc([Si](C)(C)C)c(-c4ccccc4)cc3n2)cc1C.O=C(/C=C(\O)C12CC3CC(CC(C3)C1)C2)C12CC3CC(CC(C3)C1)C2.[Ir]. The maximum absolute atomic E-state index is 13.4. The first kappa shape index (κ1) is 38.0. The zero-order valence-corrected chi connectivity index (χ0v) is 36.4. The van der Waals surface area contributed by atoms with Gasteiger partial charge in [0.2, 0.25) is 0 Å². The van der Waals surface area contributed by atoms with Gasteiger partial charge in [0.05, 0.1) is 13.6 Å². The van der Waals surface area contributed by atoms with Crippen molar-refractivity contribution in [3.05, 3.63) is 95.8 Å². The fraction of sp³-hybridized carbons (Fsp3) is 0.510. The largest absolute Gasteiger partial charge is 0.512 e. The van der Waals surface area contributed by atoms with E-state index in [1.807, 2.05) is 0 Å². The maximum Gasteiger partial charge on any atom is 0.165 e. The summed E-state index contributed by atoms with van der Waals surface area (Å²) in [5.74, 6) is 5.64. The minimum absolute atomic E-state index is 0. The third-order valence-corrected chi connectivity index (χ3v) is 16.9. The number of aryl methyl sites for hydroxylation is 2. The van der Waals surface area contributed by atoms with E-state index in [0.717, 1.165) is 90.8 Å². The summed E-state index contributed by atoms with van der Waals surface area (Å²) in [6, 6.07) is 27.3. The van der Waals surface area contributed by atoms with E-state index in [1.54, 1.807) is 6.08 Å². The van der Waals surface area contributed by atoms with E-state index in [2.05, 4.69) is 106 Å². The van der Waals surface area contributed by atoms with E-state index in [9.17, 15) is 9.90 Å². The number of aliphatic hydroxyl groups excluding tert-OH is 1. The van der Waals surface area contributed by atoms with Crippen LogP contribution in [0.3, 0.4) is 0 Å². The second-order valence-electron chi connectivity index (χ2n) is 19.9. The molecule has 0 saturated heterocycles. The van der Waals surface area contributed by atoms with Crippen LogP contribution in [0.4, 0.5) is 0 Å². The Hall–Kier alpha value is -2.85. The van der Waals surface area contributed by atoms with Crippen LogP contribution in [0.25, 0.3) is 33.3 Å². The summed E-state index contributed by atoms with van der Waals surface area (Å²) >= 11 is 0. The number of benzene rings is 3. The zero-order chi connectivity index (χ0) is 36.7. The molecule has 1 radical (unpaired) electrons. The molecule has 3 aromatic carbocycles. The summed E-state index contributed by atoms with van der Waals surface area (Å²) in [5.41, 5.74) is 8.09. The Kier molecular flexibility index (Phi) is 10.0. The molecule has 0 spiro atoms. The molecule has 4 aromatic rings. The average molecular weight is 913 g/mol. The number of rotatable bonds is 6. The molecule has 3 nitrogen and oxygen atoms in total. The van der Waals surface area contributed by atoms with Crippen LogP contribution >= 0.6 is 0 Å². The van der Waals surface area contributed by atoms with Crippen molar-refractivity contribution in [2.24, 2.45) is 46.3 Å². The Morgan fingerprint density at radius 2 is 1.28 bits per heavy atom. The molecule has 1 aromatic heterocycles. The Morgan fingerprint density at radius 1 is 0.741 bits per heavy atom. The minimum atomic E-state index is -1.50. The van der Waals surface area contributed by atoms with Crippen LogP contribution in [0.2, 0.25) is 19.6 Å². The minimum Gasteiger partial charge on any atom is -0.512 e. The van der Waals surface area contributed by atoms with Crippen LogP contribution in [0.15, 0.2) is 78.6 Å². The van der Waals surface area contributed by atoms with Gasteiger partial charge in [-0.25, -0.2) is 0 Å². The van der Waals surface area contributed by atoms with E-state index in [-0.39, 0.29) is 30.9 Å². The van der Waals surface area contributed by atoms with Crippen molar-refractivity contribution in [3.63, 3.8) is 0 Å². The predicted molar refractivity (Wildman–Crippen MR) is 221 cm³/mol. The first-order chi connectivity index (χ1) is 25.3. The molecule has 54 heavy (non-hydrogen) atoms. The molecule has 0 aliphatic heterocycles. The summed E-state index contributed by atoms with van der Waals surface area (Å²) < 4.78 is 0. The van der Waals surface area contributed by atoms with Crippen molar-refractivity contribution in [1.82, 2.24) is 4.98 Å². The number of fused-ring (bicyclic) bond motifs is 1. The Morgan fingerprint density at radius 3 is 1.80 bits per heavy atom. The van der Waals surface area contributed by atoms with Gasteiger partial charge in [-0.15, -0.1) is 34.9 Å². The second kappa shape index (κ2) is 14.3. The average Bonchev–Trinajstić information content (AvgIpc) is 3.11. The summed E-state index contributed by atoms with van der Waals surface area (Å²) in [6.07, 6.45) is 16.8. The van der Waals surface area contributed by atoms with E-state index in [1.165, 1.54) is 71.4 Å². The van der Waals surface area contributed by atoms with E-state index < -0.39 is 8.07 Å². The molecule has 0 unspecified atom stereocenters. The molecule has 5 heteroatoms. The van der Waals surface area contributed by atoms with E-state index in [4.69, 9.17) is 4.98 Å². The number of carbonyl (C=O) groups is 1. The Balaban J connectivity index is 0.000000151. The van der Waals surface area contributed by atoms with Gasteiger partial charge in [0.25, 0.3) is 0 Å². The molecular formula is C49H58IrNO2Si-. The summed E-state index contributed by atoms with van der Waals surface area (Å²) in [7, 11) is -1.50. The molecule has 285 valence electrons. The normalized spacial score (nSPS) is 31.9. The smallest absolute Gasteiger partial charge is 0.165 e. The van der Waals surface area contributed by atoms with Crippen LogP contribution in [0.1, 0.15) is 88.2 Å². The quantitative estimate of drug-likeness (QED) is 0.0907. The van der Waals surface area contributed by atoms with Gasteiger partial charge in [0, 0.05) is 37.0 Å². The van der Waals surface area contributed by atoms with E-state index >= 15 is 0 Å². The summed E-state index contributed by atoms with van der Waals surface area (Å²) in [4.78, 5) is 18.4. The monoisotopic (exact) mass is 913 g/mol. The predicted octanol–water partition coefficient (Wildman–Crippen LogP) is 12.0. The van der Waals surface area contributed by atoms with Crippen LogP contribution < -0.4 is 5.19 Å². The summed E-state index contributed by atoms with van der Waals surface area (Å²) in [6.45, 7) is 11.5. The number of ketones is 1. The number of pyridine rings is 1. The number of aliphatic hydroxyl groups is 1. The van der Waals surface area contributed by atoms with Gasteiger partial charge < -0.3 is 5.11 Å². The number of nitrogens with zero attached hydrogens (tertiary/aromatic N) is 1. The van der Waals surface area contributed by atoms with Crippen molar-refractivity contribution in [2.45, 2.75) is 111 Å². The Bertz CT molecular complexity index is 2020. The second-order valence-corrected chi connectivity index (χ2v) is 24.9. The molecule has 8 fully saturated rings. The van der Waals surface area contributed by atoms with Crippen molar-refractivity contribution in [1.29, 1.82) is 0 Å². The zero-order valence-electron chi connectivity index (χ0n) is 33.0. The van der Waals surface area contributed by atoms with Crippen molar-refractivity contribution in [2.75, 3.05) is 0 Å². The van der Waals surface area contributed by atoms with Gasteiger partial charge in [-0.2, -0.15) is 0 Å². The third kappa shape index (κ3) is 7.05. The topological polar surface area (TPSA) is 50.2 Å². The van der Waals surface area contributed by atoms with Crippen molar-refractivity contribution >= 4 is 29.9 Å². The molecule has 0 amide bonds. The van der Waals surface area contributed by atoms with Gasteiger partial charge in [-0.05, 0) is 141 Å². The molecule has 1 heterocycles. The number of allylic oxidation sites excluding steroid dienone is 2. The Labute approximate surface area is 338 Å². The fourth-order valence-corrected chi connectivity index (χ4v) is 14.5. The van der Waals surface area contributed by atoms with Crippen molar-refractivity contribution < 1.29 is 30.0 Å². The van der Waals surface area contributed by atoms with E-state index in [0.29, 0.717) is 11.5 Å². The number of hydrogen-bond acceptors (Lipinski definition) is 3. The number of carbonyl (C=O) groups excluding carboxylic acids is 1. The van der Waals surface area contributed by atoms with Gasteiger partial charge in [0.1, 0.15) is 5.76 Å². The molecular weight excluding hydrogens is 855 g/mol. The van der Waals surface area contributed by atoms with Gasteiger partial charge >= 0.3 is 0 Å². The molecule has 8 bridgehead atoms. The molecule has 8 saturated carbocycles. The van der Waals surface area contributed by atoms with Crippen LogP contribution in [-0.2, 0) is 24.9 Å². The van der Waals surface area contributed by atoms with Gasteiger partial charge in [-0.1, -0.05) is 87.2 Å². The van der Waals surface area contributed by atoms with Gasteiger partial charge in [0.15, 0.2) is 5.78 Å². The summed E-state index contributed by atoms with van der Waals surface area (Å²) in [5, 5.41) is 13.8. The number of hydrogen-bond donors (Lipinski definition) is 1.